The van der Waals surface area contributed by atoms with Crippen LogP contribution in [0.4, 0.5) is 0 Å². The molecule has 1 aliphatic rings. The average molecular weight is 325 g/mol. The quantitative estimate of drug-likeness (QED) is 0.856. The molecule has 0 aromatic heterocycles. The van der Waals surface area contributed by atoms with Crippen molar-refractivity contribution in [2.24, 2.45) is 0 Å². The molecule has 1 aromatic carbocycles. The Morgan fingerprint density at radius 2 is 1.73 bits per heavy atom. The molecule has 1 unspecified atom stereocenters. The highest BCUT2D eigenvalue weighted by Gasteiger charge is 2.30. The molecule has 22 heavy (non-hydrogen) atoms. The van der Waals surface area contributed by atoms with E-state index in [1.165, 1.54) is 31.2 Å². The Morgan fingerprint density at radius 3 is 2.23 bits per heavy atom. The second-order valence-corrected chi connectivity index (χ2v) is 7.74. The summed E-state index contributed by atoms with van der Waals surface area (Å²) in [5.74, 6) is -1.67. The van der Waals surface area contributed by atoms with Crippen molar-refractivity contribution in [2.75, 3.05) is 0 Å². The maximum Gasteiger partial charge on any atom is 0.325 e. The average Bonchev–Trinajstić information content (AvgIpc) is 3.02. The van der Waals surface area contributed by atoms with Gasteiger partial charge in [-0.25, -0.2) is 8.42 Å². The lowest BCUT2D eigenvalue weighted by Gasteiger charge is -2.12. The van der Waals surface area contributed by atoms with Crippen molar-refractivity contribution in [3.05, 3.63) is 29.8 Å². The van der Waals surface area contributed by atoms with Crippen LogP contribution in [0.5, 0.6) is 0 Å². The monoisotopic (exact) mass is 325 g/mol. The summed E-state index contributed by atoms with van der Waals surface area (Å²) in [5, 5.41) is 10.7. The molecule has 0 bridgehead atoms. The fourth-order valence-electron chi connectivity index (χ4n) is 2.53. The second-order valence-electron chi connectivity index (χ2n) is 5.51. The molecule has 6 nitrogen and oxygen atoms in total. The summed E-state index contributed by atoms with van der Waals surface area (Å²) < 4.78 is 24.8. The van der Waals surface area contributed by atoms with Gasteiger partial charge in [-0.1, -0.05) is 12.8 Å². The third kappa shape index (κ3) is 3.47. The highest BCUT2D eigenvalue weighted by atomic mass is 32.2. The number of sulfone groups is 1. The minimum absolute atomic E-state index is 0.210. The normalized spacial score (nSPS) is 17.1. The van der Waals surface area contributed by atoms with Crippen LogP contribution in [0.25, 0.3) is 0 Å². The minimum Gasteiger partial charge on any atom is -0.480 e. The summed E-state index contributed by atoms with van der Waals surface area (Å²) in [5.41, 5.74) is 0.235. The fourth-order valence-corrected chi connectivity index (χ4v) is 4.38. The molecule has 1 saturated carbocycles. The van der Waals surface area contributed by atoms with Gasteiger partial charge in [0.15, 0.2) is 9.84 Å². The number of benzene rings is 1. The van der Waals surface area contributed by atoms with Gasteiger partial charge in [0.2, 0.25) is 0 Å². The first-order chi connectivity index (χ1) is 10.3. The zero-order valence-electron chi connectivity index (χ0n) is 12.3. The zero-order chi connectivity index (χ0) is 16.3. The maximum atomic E-state index is 12.4. The molecule has 1 fully saturated rings. The first kappa shape index (κ1) is 16.5. The van der Waals surface area contributed by atoms with Gasteiger partial charge in [0.05, 0.1) is 10.1 Å². The number of amides is 1. The number of carbonyl (C=O) groups excluding carboxylic acids is 1. The molecule has 1 aromatic rings. The minimum atomic E-state index is -3.34. The number of aliphatic carboxylic acids is 1. The molecule has 0 saturated heterocycles. The van der Waals surface area contributed by atoms with Crippen LogP contribution >= 0.6 is 0 Å². The third-order valence-electron chi connectivity index (χ3n) is 3.90. The SMILES string of the molecule is CC(NC(=O)c1ccc(S(=O)(=O)C2CCCC2)cc1)C(=O)O. The molecular formula is C15H19NO5S. The summed E-state index contributed by atoms with van der Waals surface area (Å²) in [6.07, 6.45) is 3.22. The van der Waals surface area contributed by atoms with Gasteiger partial charge in [-0.05, 0) is 44.0 Å². The van der Waals surface area contributed by atoms with E-state index in [-0.39, 0.29) is 15.7 Å². The Bertz CT molecular complexity index is 660. The van der Waals surface area contributed by atoms with E-state index in [1.807, 2.05) is 0 Å². The van der Waals surface area contributed by atoms with Crippen molar-refractivity contribution < 1.29 is 23.1 Å². The second kappa shape index (κ2) is 6.48. The van der Waals surface area contributed by atoms with E-state index >= 15 is 0 Å². The first-order valence-corrected chi connectivity index (χ1v) is 8.74. The molecule has 120 valence electrons. The highest BCUT2D eigenvalue weighted by Crippen LogP contribution is 2.29. The van der Waals surface area contributed by atoms with E-state index in [0.717, 1.165) is 12.8 Å². The van der Waals surface area contributed by atoms with Crippen molar-refractivity contribution in [3.8, 4) is 0 Å². The summed E-state index contributed by atoms with van der Waals surface area (Å²) in [6.45, 7) is 1.36. The van der Waals surface area contributed by atoms with Crippen LogP contribution in [-0.4, -0.2) is 36.7 Å². The lowest BCUT2D eigenvalue weighted by atomic mass is 10.2. The van der Waals surface area contributed by atoms with Crippen LogP contribution in [0.1, 0.15) is 43.0 Å². The standard InChI is InChI=1S/C15H19NO5S/c1-10(15(18)19)16-14(17)11-6-8-13(9-7-11)22(20,21)12-4-2-3-5-12/h6-10,12H,2-5H2,1H3,(H,16,17)(H,18,19). The van der Waals surface area contributed by atoms with Gasteiger partial charge in [0.1, 0.15) is 6.04 Å². The molecule has 2 rings (SSSR count). The van der Waals surface area contributed by atoms with Gasteiger partial charge < -0.3 is 10.4 Å². The number of hydrogen-bond donors (Lipinski definition) is 2. The predicted molar refractivity (Wildman–Crippen MR) is 80.4 cm³/mol. The van der Waals surface area contributed by atoms with Gasteiger partial charge in [-0.2, -0.15) is 0 Å². The third-order valence-corrected chi connectivity index (χ3v) is 6.18. The lowest BCUT2D eigenvalue weighted by molar-refractivity contribution is -0.138. The van der Waals surface area contributed by atoms with Gasteiger partial charge in [-0.15, -0.1) is 0 Å². The van der Waals surface area contributed by atoms with Crippen molar-refractivity contribution >= 4 is 21.7 Å². The van der Waals surface area contributed by atoms with Crippen LogP contribution in [0.3, 0.4) is 0 Å². The van der Waals surface area contributed by atoms with Crippen molar-refractivity contribution in [1.82, 2.24) is 5.32 Å². The zero-order valence-corrected chi connectivity index (χ0v) is 13.1. The summed E-state index contributed by atoms with van der Waals surface area (Å²) in [4.78, 5) is 22.8. The molecule has 1 atom stereocenters. The molecule has 7 heteroatoms. The summed E-state index contributed by atoms with van der Waals surface area (Å²) in [7, 11) is -3.34. The van der Waals surface area contributed by atoms with Gasteiger partial charge in [0, 0.05) is 5.56 Å². The molecule has 0 aliphatic heterocycles. The lowest BCUT2D eigenvalue weighted by Crippen LogP contribution is -2.38. The Morgan fingerprint density at radius 1 is 1.18 bits per heavy atom. The molecular weight excluding hydrogens is 306 g/mol. The number of carboxylic acid groups (broad SMARTS) is 1. The van der Waals surface area contributed by atoms with E-state index in [1.54, 1.807) is 0 Å². The molecule has 1 amide bonds. The van der Waals surface area contributed by atoms with Gasteiger partial charge >= 0.3 is 5.97 Å². The molecule has 0 radical (unpaired) electrons. The summed E-state index contributed by atoms with van der Waals surface area (Å²) in [6, 6.07) is 4.63. The van der Waals surface area contributed by atoms with E-state index in [0.29, 0.717) is 12.8 Å². The van der Waals surface area contributed by atoms with Crippen molar-refractivity contribution in [3.63, 3.8) is 0 Å². The van der Waals surface area contributed by atoms with Crippen LogP contribution in [-0.2, 0) is 14.6 Å². The predicted octanol–water partition coefficient (Wildman–Crippen LogP) is 1.61. The highest BCUT2D eigenvalue weighted by molar-refractivity contribution is 7.92. The Kier molecular flexibility index (Phi) is 4.85. The van der Waals surface area contributed by atoms with E-state index in [2.05, 4.69) is 5.32 Å². The molecule has 1 aliphatic carbocycles. The first-order valence-electron chi connectivity index (χ1n) is 7.20. The van der Waals surface area contributed by atoms with Crippen LogP contribution in [0.15, 0.2) is 29.2 Å². The number of carbonyl (C=O) groups is 2. The summed E-state index contributed by atoms with van der Waals surface area (Å²) >= 11 is 0. The van der Waals surface area contributed by atoms with E-state index in [4.69, 9.17) is 5.11 Å². The molecule has 0 spiro atoms. The fraction of sp³-hybridized carbons (Fsp3) is 0.467. The number of hydrogen-bond acceptors (Lipinski definition) is 4. The molecule has 2 N–H and O–H groups in total. The Labute approximate surface area is 129 Å². The van der Waals surface area contributed by atoms with Gasteiger partial charge in [-0.3, -0.25) is 9.59 Å². The van der Waals surface area contributed by atoms with Crippen LogP contribution in [0.2, 0.25) is 0 Å². The van der Waals surface area contributed by atoms with Crippen LogP contribution < -0.4 is 5.32 Å². The smallest absolute Gasteiger partial charge is 0.325 e. The number of nitrogens with one attached hydrogen (secondary N) is 1. The Balaban J connectivity index is 2.13. The number of rotatable bonds is 5. The number of carboxylic acids is 1. The van der Waals surface area contributed by atoms with Crippen molar-refractivity contribution in [2.45, 2.75) is 48.8 Å². The van der Waals surface area contributed by atoms with E-state index in [9.17, 15) is 18.0 Å². The largest absolute Gasteiger partial charge is 0.480 e. The molecule has 0 heterocycles. The topological polar surface area (TPSA) is 101 Å². The maximum absolute atomic E-state index is 12.4. The van der Waals surface area contributed by atoms with Crippen molar-refractivity contribution in [1.29, 1.82) is 0 Å². The van der Waals surface area contributed by atoms with E-state index < -0.39 is 27.8 Å². The van der Waals surface area contributed by atoms with Gasteiger partial charge in [0.25, 0.3) is 5.91 Å². The Hall–Kier alpha value is -1.89. The van der Waals surface area contributed by atoms with Crippen LogP contribution in [0, 0.1) is 0 Å².